The Morgan fingerprint density at radius 2 is 2.13 bits per heavy atom. The number of nitrogens with zero attached hydrogens (tertiary/aromatic N) is 1. The first-order chi connectivity index (χ1) is 10.9. The van der Waals surface area contributed by atoms with Crippen molar-refractivity contribution in [3.8, 4) is 0 Å². The van der Waals surface area contributed by atoms with Crippen LogP contribution in [0.4, 0.5) is 10.2 Å². The molecule has 0 aliphatic rings. The fraction of sp³-hybridized carbons (Fsp3) is 0.214. The Bertz CT molecular complexity index is 843. The summed E-state index contributed by atoms with van der Waals surface area (Å²) in [4.78, 5) is 37.7. The largest absolute Gasteiger partial charge is 0.421 e. The first kappa shape index (κ1) is 16.3. The lowest BCUT2D eigenvalue weighted by Gasteiger charge is -2.11. The van der Waals surface area contributed by atoms with Crippen molar-refractivity contribution in [1.29, 1.82) is 0 Å². The zero-order chi connectivity index (χ0) is 17.0. The number of amides is 1. The summed E-state index contributed by atoms with van der Waals surface area (Å²) in [6.45, 7) is 2.03. The third-order valence-electron chi connectivity index (χ3n) is 3.00. The van der Waals surface area contributed by atoms with Gasteiger partial charge in [0.15, 0.2) is 0 Å². The molecule has 0 unspecified atom stereocenters. The number of halogens is 1. The monoisotopic (exact) mass is 322 g/mol. The zero-order valence-electron chi connectivity index (χ0n) is 12.2. The van der Waals surface area contributed by atoms with Crippen LogP contribution in [0.1, 0.15) is 22.8 Å². The molecule has 23 heavy (non-hydrogen) atoms. The molecule has 2 aromatic rings. The standard InChI is InChI=1S/C14H15FN4O4/c1-2-16-11-10(13(21)19(23)14(22)18-11)12(20)17-7-8-4-3-5-9(15)6-8/h3-6,16,23H,2,7H2,1H3,(H,17,20)(H,18,22). The van der Waals surface area contributed by atoms with Crippen LogP contribution in [-0.2, 0) is 6.54 Å². The van der Waals surface area contributed by atoms with Gasteiger partial charge in [0, 0.05) is 13.1 Å². The fourth-order valence-corrected chi connectivity index (χ4v) is 1.97. The summed E-state index contributed by atoms with van der Waals surface area (Å²) < 4.78 is 12.9. The van der Waals surface area contributed by atoms with E-state index in [2.05, 4.69) is 15.6 Å². The normalized spacial score (nSPS) is 10.3. The van der Waals surface area contributed by atoms with E-state index < -0.39 is 28.5 Å². The average Bonchev–Trinajstić information content (AvgIpc) is 2.51. The van der Waals surface area contributed by atoms with Gasteiger partial charge in [-0.1, -0.05) is 16.9 Å². The van der Waals surface area contributed by atoms with Gasteiger partial charge in [-0.2, -0.15) is 0 Å². The molecule has 0 aliphatic carbocycles. The molecule has 9 heteroatoms. The van der Waals surface area contributed by atoms with Gasteiger partial charge in [-0.15, -0.1) is 0 Å². The molecule has 4 N–H and O–H groups in total. The number of aromatic nitrogens is 2. The molecule has 0 saturated carbocycles. The van der Waals surface area contributed by atoms with Crippen LogP contribution in [0.5, 0.6) is 0 Å². The van der Waals surface area contributed by atoms with E-state index in [-0.39, 0.29) is 17.1 Å². The lowest BCUT2D eigenvalue weighted by molar-refractivity contribution is 0.0940. The minimum atomic E-state index is -1.15. The van der Waals surface area contributed by atoms with Crippen molar-refractivity contribution in [2.45, 2.75) is 13.5 Å². The molecular weight excluding hydrogens is 307 g/mol. The maximum atomic E-state index is 13.1. The number of nitrogens with one attached hydrogen (secondary N) is 3. The summed E-state index contributed by atoms with van der Waals surface area (Å²) >= 11 is 0. The Hall–Kier alpha value is -3.10. The van der Waals surface area contributed by atoms with Crippen LogP contribution in [0, 0.1) is 5.82 Å². The number of anilines is 1. The van der Waals surface area contributed by atoms with Gasteiger partial charge >= 0.3 is 11.2 Å². The van der Waals surface area contributed by atoms with E-state index in [0.717, 1.165) is 0 Å². The number of carbonyl (C=O) groups is 1. The first-order valence-corrected chi connectivity index (χ1v) is 6.79. The lowest BCUT2D eigenvalue weighted by Crippen LogP contribution is -2.41. The summed E-state index contributed by atoms with van der Waals surface area (Å²) in [6, 6.07) is 5.59. The number of carbonyl (C=O) groups excluding carboxylic acids is 1. The number of hydrogen-bond donors (Lipinski definition) is 4. The SMILES string of the molecule is CCNc1[nH]c(=O)n(O)c(=O)c1C(=O)NCc1cccc(F)c1. The third kappa shape index (κ3) is 3.57. The first-order valence-electron chi connectivity index (χ1n) is 6.79. The van der Waals surface area contributed by atoms with Crippen LogP contribution in [-0.4, -0.2) is 27.4 Å². The number of H-pyrrole nitrogens is 1. The predicted octanol–water partition coefficient (Wildman–Crippen LogP) is 0.275. The van der Waals surface area contributed by atoms with E-state index in [1.54, 1.807) is 13.0 Å². The fourth-order valence-electron chi connectivity index (χ4n) is 1.97. The highest BCUT2D eigenvalue weighted by molar-refractivity contribution is 5.98. The molecule has 0 atom stereocenters. The van der Waals surface area contributed by atoms with E-state index in [4.69, 9.17) is 0 Å². The Balaban J connectivity index is 2.30. The average molecular weight is 322 g/mol. The van der Waals surface area contributed by atoms with Gasteiger partial charge < -0.3 is 15.8 Å². The molecule has 1 aromatic heterocycles. The summed E-state index contributed by atoms with van der Waals surface area (Å²) in [5.74, 6) is -1.36. The highest BCUT2D eigenvalue weighted by Gasteiger charge is 2.20. The predicted molar refractivity (Wildman–Crippen MR) is 80.2 cm³/mol. The maximum absolute atomic E-state index is 13.1. The minimum Gasteiger partial charge on any atom is -0.421 e. The molecule has 0 saturated heterocycles. The molecule has 8 nitrogen and oxygen atoms in total. The van der Waals surface area contributed by atoms with E-state index >= 15 is 0 Å². The van der Waals surface area contributed by atoms with Crippen molar-refractivity contribution in [2.24, 2.45) is 0 Å². The van der Waals surface area contributed by atoms with Gasteiger partial charge in [0.25, 0.3) is 5.91 Å². The molecular formula is C14H15FN4O4. The van der Waals surface area contributed by atoms with Gasteiger partial charge in [0.2, 0.25) is 0 Å². The minimum absolute atomic E-state index is 0.0217. The second-order valence-corrected chi connectivity index (χ2v) is 4.64. The smallest absolute Gasteiger partial charge is 0.363 e. The van der Waals surface area contributed by atoms with Gasteiger partial charge in [-0.05, 0) is 24.6 Å². The Kier molecular flexibility index (Phi) is 4.79. The van der Waals surface area contributed by atoms with Crippen molar-refractivity contribution >= 4 is 11.7 Å². The summed E-state index contributed by atoms with van der Waals surface area (Å²) in [7, 11) is 0. The van der Waals surface area contributed by atoms with Crippen LogP contribution in [0.15, 0.2) is 33.9 Å². The molecule has 2 rings (SSSR count). The van der Waals surface area contributed by atoms with Crippen LogP contribution in [0.25, 0.3) is 0 Å². The molecule has 1 heterocycles. The van der Waals surface area contributed by atoms with Crippen molar-refractivity contribution in [3.05, 3.63) is 62.0 Å². The van der Waals surface area contributed by atoms with Crippen LogP contribution < -0.4 is 21.9 Å². The quantitative estimate of drug-likeness (QED) is 0.590. The van der Waals surface area contributed by atoms with Gasteiger partial charge in [0.05, 0.1) is 0 Å². The summed E-state index contributed by atoms with van der Waals surface area (Å²) in [5, 5.41) is 14.5. The highest BCUT2D eigenvalue weighted by atomic mass is 19.1. The third-order valence-corrected chi connectivity index (χ3v) is 3.00. The topological polar surface area (TPSA) is 116 Å². The Morgan fingerprint density at radius 3 is 2.78 bits per heavy atom. The van der Waals surface area contributed by atoms with E-state index in [1.165, 1.54) is 18.2 Å². The van der Waals surface area contributed by atoms with Crippen LogP contribution >= 0.6 is 0 Å². The molecule has 0 aliphatic heterocycles. The lowest BCUT2D eigenvalue weighted by atomic mass is 10.2. The molecule has 122 valence electrons. The second-order valence-electron chi connectivity index (χ2n) is 4.64. The summed E-state index contributed by atoms with van der Waals surface area (Å²) in [6.07, 6.45) is 0. The molecule has 0 spiro atoms. The maximum Gasteiger partial charge on any atom is 0.363 e. The van der Waals surface area contributed by atoms with Crippen LogP contribution in [0.3, 0.4) is 0 Å². The van der Waals surface area contributed by atoms with Crippen molar-refractivity contribution in [1.82, 2.24) is 15.0 Å². The second kappa shape index (κ2) is 6.77. The molecule has 1 amide bonds. The molecule has 0 fully saturated rings. The molecule has 1 aromatic carbocycles. The van der Waals surface area contributed by atoms with Gasteiger partial charge in [-0.3, -0.25) is 14.6 Å². The summed E-state index contributed by atoms with van der Waals surface area (Å²) in [5.41, 5.74) is -2.16. The van der Waals surface area contributed by atoms with Crippen molar-refractivity contribution in [2.75, 3.05) is 11.9 Å². The zero-order valence-corrected chi connectivity index (χ0v) is 12.2. The van der Waals surface area contributed by atoms with Gasteiger partial charge in [-0.25, -0.2) is 9.18 Å². The van der Waals surface area contributed by atoms with E-state index in [0.29, 0.717) is 12.1 Å². The number of benzene rings is 1. The molecule has 0 radical (unpaired) electrons. The van der Waals surface area contributed by atoms with E-state index in [9.17, 15) is 24.0 Å². The van der Waals surface area contributed by atoms with Crippen molar-refractivity contribution < 1.29 is 14.4 Å². The van der Waals surface area contributed by atoms with E-state index in [1.807, 2.05) is 0 Å². The molecule has 0 bridgehead atoms. The van der Waals surface area contributed by atoms with Gasteiger partial charge in [0.1, 0.15) is 17.2 Å². The number of hydrogen-bond acceptors (Lipinski definition) is 5. The number of aromatic amines is 1. The highest BCUT2D eigenvalue weighted by Crippen LogP contribution is 2.07. The Morgan fingerprint density at radius 1 is 1.39 bits per heavy atom. The Labute approximate surface area is 129 Å². The van der Waals surface area contributed by atoms with Crippen molar-refractivity contribution in [3.63, 3.8) is 0 Å². The number of rotatable bonds is 5. The van der Waals surface area contributed by atoms with Crippen LogP contribution in [0.2, 0.25) is 0 Å².